The number of aliphatic hydroxyl groups excluding tert-OH is 1. The number of para-hydroxylation sites is 1. The van der Waals surface area contributed by atoms with E-state index in [9.17, 15) is 35.1 Å². The highest BCUT2D eigenvalue weighted by atomic mass is 32.2. The molecule has 2 N–H and O–H groups in total. The fraction of sp³-hybridized carbons (Fsp3) is 0.483. The smallest absolute Gasteiger partial charge is 0.390 e. The first-order chi connectivity index (χ1) is 21.0. The van der Waals surface area contributed by atoms with Crippen LogP contribution >= 0.6 is 0 Å². The number of rotatable bonds is 9. The van der Waals surface area contributed by atoms with Crippen LogP contribution in [0.3, 0.4) is 0 Å². The lowest BCUT2D eigenvalue weighted by atomic mass is 10.0. The molecule has 3 heterocycles. The van der Waals surface area contributed by atoms with Gasteiger partial charge in [-0.3, -0.25) is 14.3 Å². The van der Waals surface area contributed by atoms with E-state index in [0.29, 0.717) is 61.7 Å². The molecule has 45 heavy (non-hydrogen) atoms. The summed E-state index contributed by atoms with van der Waals surface area (Å²) >= 11 is 0. The van der Waals surface area contributed by atoms with Gasteiger partial charge in [-0.1, -0.05) is 24.3 Å². The fourth-order valence-corrected chi connectivity index (χ4v) is 7.37. The van der Waals surface area contributed by atoms with Crippen molar-refractivity contribution in [2.75, 3.05) is 61.4 Å². The zero-order chi connectivity index (χ0) is 32.7. The number of hydrogen-bond donors (Lipinski definition) is 2. The molecule has 2 aliphatic rings. The van der Waals surface area contributed by atoms with Crippen LogP contribution in [0.4, 0.5) is 24.5 Å². The molecule has 0 aliphatic carbocycles. The van der Waals surface area contributed by atoms with Gasteiger partial charge in [-0.25, -0.2) is 16.8 Å². The molecule has 0 radical (unpaired) electrons. The molecule has 1 unspecified atom stereocenters. The molecule has 0 spiro atoms. The third kappa shape index (κ3) is 7.80. The Morgan fingerprint density at radius 2 is 1.62 bits per heavy atom. The summed E-state index contributed by atoms with van der Waals surface area (Å²) in [5.41, 5.74) is 3.68. The summed E-state index contributed by atoms with van der Waals surface area (Å²) in [5, 5.41) is 15.8. The molecule has 3 aromatic rings. The Bertz CT molecular complexity index is 1750. The van der Waals surface area contributed by atoms with Gasteiger partial charge >= 0.3 is 6.18 Å². The topological polar surface area (TPSA) is 128 Å². The number of piperazine rings is 1. The largest absolute Gasteiger partial charge is 0.416 e. The van der Waals surface area contributed by atoms with Gasteiger partial charge in [0, 0.05) is 69.1 Å². The highest BCUT2D eigenvalue weighted by molar-refractivity contribution is 7.92. The van der Waals surface area contributed by atoms with Gasteiger partial charge in [0.2, 0.25) is 20.0 Å². The van der Waals surface area contributed by atoms with Gasteiger partial charge in [-0.15, -0.1) is 0 Å². The first-order valence-electron chi connectivity index (χ1n) is 14.4. The maximum atomic E-state index is 13.2. The van der Waals surface area contributed by atoms with Crippen LogP contribution in [0.2, 0.25) is 0 Å². The van der Waals surface area contributed by atoms with Crippen LogP contribution in [-0.2, 0) is 45.7 Å². The van der Waals surface area contributed by atoms with E-state index < -0.39 is 37.9 Å². The second-order valence-corrected chi connectivity index (χ2v) is 15.4. The highest BCUT2D eigenvalue weighted by Crippen LogP contribution is 2.35. The molecule has 246 valence electrons. The minimum Gasteiger partial charge on any atom is -0.390 e. The molecule has 2 aliphatic heterocycles. The quantitative estimate of drug-likeness (QED) is 0.356. The number of nitrogens with one attached hydrogen (secondary N) is 1. The Labute approximate surface area is 261 Å². The number of halogens is 3. The van der Waals surface area contributed by atoms with Gasteiger partial charge in [-0.2, -0.15) is 22.6 Å². The lowest BCUT2D eigenvalue weighted by molar-refractivity contribution is -0.137. The number of fused-ring (bicyclic) bond motifs is 1. The van der Waals surface area contributed by atoms with Crippen LogP contribution in [0.5, 0.6) is 0 Å². The molecular weight excluding hydrogens is 633 g/mol. The number of hydrogen-bond acceptors (Lipinski definition) is 8. The number of β-amino-alcohol motifs (C(OH)–C–C–N with tert-alkyl or cyclic N) is 1. The van der Waals surface area contributed by atoms with Crippen molar-refractivity contribution in [3.8, 4) is 11.3 Å². The summed E-state index contributed by atoms with van der Waals surface area (Å²) in [7, 11) is -6.97. The van der Waals surface area contributed by atoms with E-state index in [2.05, 4.69) is 19.6 Å². The van der Waals surface area contributed by atoms with E-state index in [1.807, 2.05) is 13.0 Å². The molecule has 0 saturated carbocycles. The van der Waals surface area contributed by atoms with Crippen molar-refractivity contribution in [1.29, 1.82) is 0 Å². The summed E-state index contributed by atoms with van der Waals surface area (Å²) < 4.78 is 93.5. The maximum Gasteiger partial charge on any atom is 0.416 e. The molecule has 1 fully saturated rings. The SMILES string of the molecule is Cc1cccc(NS(C)(=O)=O)c1N1CCN(CC(O)Cn2nc(-c3ccc(C(F)(F)F)cc3)c3c2CCN(S(C)(=O)=O)C3)CC1. The molecular formula is C29H37F3N6O5S2. The molecule has 11 nitrogen and oxygen atoms in total. The van der Waals surface area contributed by atoms with E-state index in [4.69, 9.17) is 0 Å². The molecule has 2 aromatic carbocycles. The summed E-state index contributed by atoms with van der Waals surface area (Å²) in [6.45, 7) is 5.16. The molecule has 1 saturated heterocycles. The number of sulfonamides is 2. The maximum absolute atomic E-state index is 13.2. The molecule has 1 atom stereocenters. The number of aryl methyl sites for hydroxylation is 1. The molecule has 5 rings (SSSR count). The van der Waals surface area contributed by atoms with Crippen molar-refractivity contribution in [1.82, 2.24) is 19.0 Å². The lowest BCUT2D eigenvalue weighted by Crippen LogP contribution is -2.49. The average Bonchev–Trinajstić information content (AvgIpc) is 3.29. The van der Waals surface area contributed by atoms with Crippen molar-refractivity contribution in [2.24, 2.45) is 0 Å². The summed E-state index contributed by atoms with van der Waals surface area (Å²) in [6.07, 6.45) is -2.73. The standard InChI is InChI=1S/C29H37F3N6O5S2/c1-20-5-4-6-25(34-44(2,40)41)28(20)36-15-13-35(14-16-36)17-23(39)18-38-26-11-12-37(45(3,42)43)19-24(26)27(33-38)21-7-9-22(10-8-21)29(30,31)32/h4-10,23,34,39H,11-19H2,1-3H3. The Balaban J connectivity index is 1.30. The first kappa shape index (κ1) is 33.2. The van der Waals surface area contributed by atoms with Gasteiger partial charge in [0.25, 0.3) is 0 Å². The Morgan fingerprint density at radius 1 is 0.956 bits per heavy atom. The second kappa shape index (κ2) is 12.5. The number of alkyl halides is 3. The molecule has 0 amide bonds. The predicted octanol–water partition coefficient (Wildman–Crippen LogP) is 2.75. The zero-order valence-electron chi connectivity index (χ0n) is 25.2. The minimum atomic E-state index is -4.49. The van der Waals surface area contributed by atoms with Crippen LogP contribution in [0.25, 0.3) is 11.3 Å². The average molecular weight is 671 g/mol. The third-order valence-electron chi connectivity index (χ3n) is 8.13. The van der Waals surface area contributed by atoms with Crippen LogP contribution in [0.1, 0.15) is 22.4 Å². The minimum absolute atomic E-state index is 0.0393. The second-order valence-electron chi connectivity index (χ2n) is 11.7. The molecule has 16 heteroatoms. The summed E-state index contributed by atoms with van der Waals surface area (Å²) in [6, 6.07) is 10.1. The van der Waals surface area contributed by atoms with Crippen molar-refractivity contribution >= 4 is 31.4 Å². The first-order valence-corrected chi connectivity index (χ1v) is 18.2. The Hall–Kier alpha value is -3.18. The highest BCUT2D eigenvalue weighted by Gasteiger charge is 2.33. The summed E-state index contributed by atoms with van der Waals surface area (Å²) in [4.78, 5) is 4.24. The van der Waals surface area contributed by atoms with Gasteiger partial charge in [0.05, 0.1) is 47.8 Å². The van der Waals surface area contributed by atoms with E-state index in [0.717, 1.165) is 41.6 Å². The van der Waals surface area contributed by atoms with Crippen LogP contribution in [0.15, 0.2) is 42.5 Å². The predicted molar refractivity (Wildman–Crippen MR) is 166 cm³/mol. The van der Waals surface area contributed by atoms with Crippen molar-refractivity contribution < 1.29 is 35.1 Å². The van der Waals surface area contributed by atoms with Crippen LogP contribution in [0, 0.1) is 6.92 Å². The normalized spacial score (nSPS) is 17.7. The van der Waals surface area contributed by atoms with E-state index >= 15 is 0 Å². The van der Waals surface area contributed by atoms with Gasteiger partial charge in [0.1, 0.15) is 0 Å². The van der Waals surface area contributed by atoms with Crippen LogP contribution in [-0.4, -0.2) is 98.8 Å². The Morgan fingerprint density at radius 3 is 2.22 bits per heavy atom. The summed E-state index contributed by atoms with van der Waals surface area (Å²) in [5.74, 6) is 0. The van der Waals surface area contributed by atoms with Crippen molar-refractivity contribution in [3.05, 3.63) is 64.8 Å². The van der Waals surface area contributed by atoms with Crippen molar-refractivity contribution in [3.63, 3.8) is 0 Å². The number of anilines is 2. The van der Waals surface area contributed by atoms with E-state index in [1.54, 1.807) is 16.8 Å². The third-order valence-corrected chi connectivity index (χ3v) is 9.97. The van der Waals surface area contributed by atoms with E-state index in [-0.39, 0.29) is 19.6 Å². The van der Waals surface area contributed by atoms with Crippen molar-refractivity contribution in [2.45, 2.75) is 38.7 Å². The monoisotopic (exact) mass is 670 g/mol. The number of aromatic nitrogens is 2. The van der Waals surface area contributed by atoms with Gasteiger partial charge < -0.3 is 10.0 Å². The van der Waals surface area contributed by atoms with E-state index in [1.165, 1.54) is 16.4 Å². The van der Waals surface area contributed by atoms with Gasteiger partial charge in [-0.05, 0) is 30.7 Å². The molecule has 1 aromatic heterocycles. The fourth-order valence-electron chi connectivity index (χ4n) is 6.02. The molecule has 0 bridgehead atoms. The Kier molecular flexibility index (Phi) is 9.26. The van der Waals surface area contributed by atoms with Gasteiger partial charge in [0.15, 0.2) is 0 Å². The zero-order valence-corrected chi connectivity index (χ0v) is 26.9. The lowest BCUT2D eigenvalue weighted by Gasteiger charge is -2.38. The van der Waals surface area contributed by atoms with Crippen LogP contribution < -0.4 is 9.62 Å². The number of aliphatic hydroxyl groups is 1. The number of benzene rings is 2. The number of nitrogens with zero attached hydrogens (tertiary/aromatic N) is 5.